The van der Waals surface area contributed by atoms with E-state index in [0.717, 1.165) is 11.5 Å². The molecule has 7 heteroatoms. The Labute approximate surface area is 82.9 Å². The van der Waals surface area contributed by atoms with Crippen molar-refractivity contribution in [3.63, 3.8) is 0 Å². The van der Waals surface area contributed by atoms with Crippen LogP contribution in [0.5, 0.6) is 0 Å². The average molecular weight is 202 g/mol. The molecule has 0 unspecified atom stereocenters. The molecule has 0 amide bonds. The zero-order valence-corrected chi connectivity index (χ0v) is 7.56. The molecule has 0 atom stereocenters. The van der Waals surface area contributed by atoms with Gasteiger partial charge in [-0.2, -0.15) is 14.9 Å². The summed E-state index contributed by atoms with van der Waals surface area (Å²) in [6.45, 7) is 0. The first-order chi connectivity index (χ1) is 6.86. The van der Waals surface area contributed by atoms with E-state index in [2.05, 4.69) is 14.3 Å². The summed E-state index contributed by atoms with van der Waals surface area (Å²) in [5.74, 6) is 0. The van der Waals surface area contributed by atoms with Gasteiger partial charge in [-0.05, 0) is 0 Å². The van der Waals surface area contributed by atoms with Crippen LogP contribution < -0.4 is 0 Å². The van der Waals surface area contributed by atoms with Gasteiger partial charge >= 0.3 is 0 Å². The Balaban J connectivity index is 2.63. The molecule has 2 rings (SSSR count). The van der Waals surface area contributed by atoms with Crippen LogP contribution >= 0.6 is 11.5 Å². The molecular formula is C7H2N6S. The highest BCUT2D eigenvalue weighted by Crippen LogP contribution is 2.13. The third-order valence-corrected chi connectivity index (χ3v) is 2.20. The minimum Gasteiger partial charge on any atom is -0.263 e. The van der Waals surface area contributed by atoms with E-state index in [9.17, 15) is 0 Å². The van der Waals surface area contributed by atoms with Gasteiger partial charge in [-0.15, -0.1) is 0 Å². The highest BCUT2D eigenvalue weighted by Gasteiger charge is 2.12. The van der Waals surface area contributed by atoms with E-state index in [1.54, 1.807) is 0 Å². The fraction of sp³-hybridized carbons (Fsp3) is 0. The van der Waals surface area contributed by atoms with E-state index in [4.69, 9.17) is 10.5 Å². The Morgan fingerprint density at radius 2 is 2.14 bits per heavy atom. The summed E-state index contributed by atoms with van der Waals surface area (Å²) < 4.78 is 5.24. The van der Waals surface area contributed by atoms with Crippen molar-refractivity contribution in [1.29, 1.82) is 10.5 Å². The highest BCUT2D eigenvalue weighted by molar-refractivity contribution is 7.07. The number of nitriles is 2. The molecule has 0 bridgehead atoms. The van der Waals surface area contributed by atoms with Gasteiger partial charge in [0.25, 0.3) is 0 Å². The molecule has 0 saturated heterocycles. The first kappa shape index (κ1) is 8.35. The molecule has 2 heterocycles. The second-order valence-corrected chi connectivity index (χ2v) is 3.02. The van der Waals surface area contributed by atoms with E-state index in [1.807, 2.05) is 12.1 Å². The van der Waals surface area contributed by atoms with Gasteiger partial charge in [0.1, 0.15) is 24.8 Å². The van der Waals surface area contributed by atoms with E-state index in [-0.39, 0.29) is 11.4 Å². The highest BCUT2D eigenvalue weighted by atomic mass is 32.1. The molecule has 6 nitrogen and oxygen atoms in total. The minimum absolute atomic E-state index is 0.0997. The van der Waals surface area contributed by atoms with Gasteiger partial charge in [-0.25, -0.2) is 9.97 Å². The lowest BCUT2D eigenvalue weighted by atomic mass is 10.4. The molecule has 0 aromatic carbocycles. The maximum absolute atomic E-state index is 8.81. The maximum Gasteiger partial charge on any atom is 0.215 e. The molecule has 0 radical (unpaired) electrons. The third-order valence-electron chi connectivity index (χ3n) is 1.54. The molecule has 0 fully saturated rings. The van der Waals surface area contributed by atoms with Crippen molar-refractivity contribution in [1.82, 2.24) is 18.9 Å². The van der Waals surface area contributed by atoms with Crippen molar-refractivity contribution in [3.8, 4) is 17.3 Å². The van der Waals surface area contributed by atoms with Gasteiger partial charge in [0, 0.05) is 11.5 Å². The lowest BCUT2D eigenvalue weighted by molar-refractivity contribution is 1.01. The summed E-state index contributed by atoms with van der Waals surface area (Å²) in [4.78, 5) is 7.69. The predicted octanol–water partition coefficient (Wildman–Crippen LogP) is 0.467. The van der Waals surface area contributed by atoms with Crippen molar-refractivity contribution in [3.05, 3.63) is 24.0 Å². The van der Waals surface area contributed by atoms with E-state index in [1.165, 1.54) is 17.2 Å². The zero-order valence-electron chi connectivity index (χ0n) is 6.75. The van der Waals surface area contributed by atoms with Gasteiger partial charge in [-0.3, -0.25) is 4.57 Å². The normalized spacial score (nSPS) is 9.29. The second kappa shape index (κ2) is 3.24. The molecule has 0 saturated carbocycles. The molecule has 2 aromatic rings. The van der Waals surface area contributed by atoms with Crippen LogP contribution in [0.1, 0.15) is 11.4 Å². The number of hydrogen-bond acceptors (Lipinski definition) is 6. The SMILES string of the molecule is N#Cc1ncn(-c2ncns2)c1C#N. The summed E-state index contributed by atoms with van der Waals surface area (Å²) in [5.41, 5.74) is 0.284. The lowest BCUT2D eigenvalue weighted by Crippen LogP contribution is -1.95. The van der Waals surface area contributed by atoms with Gasteiger partial charge in [0.05, 0.1) is 0 Å². The van der Waals surface area contributed by atoms with Gasteiger partial charge in [0.15, 0.2) is 11.4 Å². The lowest BCUT2D eigenvalue weighted by Gasteiger charge is -1.94. The molecule has 0 aliphatic heterocycles. The van der Waals surface area contributed by atoms with Crippen LogP contribution in [0.2, 0.25) is 0 Å². The molecule has 0 aliphatic carbocycles. The van der Waals surface area contributed by atoms with Crippen LogP contribution in [0.4, 0.5) is 0 Å². The van der Waals surface area contributed by atoms with Crippen molar-refractivity contribution in [2.45, 2.75) is 0 Å². The van der Waals surface area contributed by atoms with E-state index < -0.39 is 0 Å². The fourth-order valence-corrected chi connectivity index (χ4v) is 1.46. The zero-order chi connectivity index (χ0) is 9.97. The number of imidazole rings is 1. The Bertz CT molecular complexity index is 526. The maximum atomic E-state index is 8.81. The Morgan fingerprint density at radius 3 is 2.71 bits per heavy atom. The van der Waals surface area contributed by atoms with Crippen molar-refractivity contribution in [2.75, 3.05) is 0 Å². The monoisotopic (exact) mass is 202 g/mol. The first-order valence-corrected chi connectivity index (χ1v) is 4.28. The van der Waals surface area contributed by atoms with Crippen LogP contribution in [-0.2, 0) is 0 Å². The standard InChI is InChI=1S/C7H2N6S/c8-1-5-6(2-9)13(4-11-5)7-10-3-12-14-7/h3-4H. The number of rotatable bonds is 1. The van der Waals surface area contributed by atoms with E-state index >= 15 is 0 Å². The van der Waals surface area contributed by atoms with Gasteiger partial charge in [0.2, 0.25) is 5.13 Å². The second-order valence-electron chi connectivity index (χ2n) is 2.26. The van der Waals surface area contributed by atoms with Crippen molar-refractivity contribution >= 4 is 11.5 Å². The van der Waals surface area contributed by atoms with Crippen molar-refractivity contribution in [2.24, 2.45) is 0 Å². The summed E-state index contributed by atoms with van der Waals surface area (Å²) in [5, 5.41) is 18.0. The van der Waals surface area contributed by atoms with Crippen LogP contribution in [-0.4, -0.2) is 18.9 Å². The molecule has 0 N–H and O–H groups in total. The van der Waals surface area contributed by atoms with Crippen LogP contribution in [0, 0.1) is 22.7 Å². The molecular weight excluding hydrogens is 200 g/mol. The topological polar surface area (TPSA) is 91.2 Å². The predicted molar refractivity (Wildman–Crippen MR) is 46.5 cm³/mol. The van der Waals surface area contributed by atoms with Crippen LogP contribution in [0.25, 0.3) is 5.13 Å². The van der Waals surface area contributed by atoms with Crippen LogP contribution in [0.3, 0.4) is 0 Å². The Morgan fingerprint density at radius 1 is 1.29 bits per heavy atom. The average Bonchev–Trinajstić information content (AvgIpc) is 2.85. The number of aromatic nitrogens is 4. The first-order valence-electron chi connectivity index (χ1n) is 3.51. The van der Waals surface area contributed by atoms with Gasteiger partial charge in [-0.1, -0.05) is 0 Å². The molecule has 0 aliphatic rings. The Hall–Kier alpha value is -2.25. The number of hydrogen-bond donors (Lipinski definition) is 0. The largest absolute Gasteiger partial charge is 0.263 e. The van der Waals surface area contributed by atoms with Crippen LogP contribution in [0.15, 0.2) is 12.7 Å². The van der Waals surface area contributed by atoms with E-state index in [0.29, 0.717) is 5.13 Å². The smallest absolute Gasteiger partial charge is 0.215 e. The minimum atomic E-state index is 0.0997. The molecule has 14 heavy (non-hydrogen) atoms. The summed E-state index contributed by atoms with van der Waals surface area (Å²) >= 11 is 1.13. The molecule has 0 spiro atoms. The summed E-state index contributed by atoms with van der Waals surface area (Å²) in [7, 11) is 0. The molecule has 2 aromatic heterocycles. The van der Waals surface area contributed by atoms with Crippen molar-refractivity contribution < 1.29 is 0 Å². The fourth-order valence-electron chi connectivity index (χ4n) is 0.956. The molecule has 66 valence electrons. The third kappa shape index (κ3) is 1.13. The quantitative estimate of drug-likeness (QED) is 0.670. The Kier molecular flexibility index (Phi) is 1.94. The summed E-state index contributed by atoms with van der Waals surface area (Å²) in [6, 6.07) is 3.73. The number of nitrogens with zero attached hydrogens (tertiary/aromatic N) is 6. The van der Waals surface area contributed by atoms with Gasteiger partial charge < -0.3 is 0 Å². The summed E-state index contributed by atoms with van der Waals surface area (Å²) in [6.07, 6.45) is 2.77.